The van der Waals surface area contributed by atoms with Crippen LogP contribution in [-0.2, 0) is 16.4 Å². The van der Waals surface area contributed by atoms with Gasteiger partial charge in [0.1, 0.15) is 5.75 Å². The predicted molar refractivity (Wildman–Crippen MR) is 84.0 cm³/mol. The normalized spacial score (nSPS) is 11.3. The van der Waals surface area contributed by atoms with Crippen molar-refractivity contribution in [2.24, 2.45) is 0 Å². The first-order valence-electron chi connectivity index (χ1n) is 6.92. The summed E-state index contributed by atoms with van der Waals surface area (Å²) in [4.78, 5) is 0.186. The first kappa shape index (κ1) is 15.4. The molecule has 2 aromatic rings. The second-order valence-corrected chi connectivity index (χ2v) is 6.55. The Hall–Kier alpha value is -2.01. The molecule has 0 amide bonds. The van der Waals surface area contributed by atoms with Crippen LogP contribution in [0.2, 0.25) is 0 Å². The molecule has 5 heteroatoms. The number of hydrogen-bond donors (Lipinski definition) is 2. The molecule has 0 radical (unpaired) electrons. The zero-order valence-electron chi connectivity index (χ0n) is 11.9. The lowest BCUT2D eigenvalue weighted by Crippen LogP contribution is -2.13. The summed E-state index contributed by atoms with van der Waals surface area (Å²) in [5, 5.41) is 9.64. The molecule has 2 aromatic carbocycles. The average Bonchev–Trinajstić information content (AvgIpc) is 2.48. The fraction of sp³-hybridized carbons (Fsp3) is 0.250. The number of phenols is 1. The molecule has 0 aliphatic carbocycles. The van der Waals surface area contributed by atoms with E-state index in [-0.39, 0.29) is 16.3 Å². The van der Waals surface area contributed by atoms with Gasteiger partial charge in [0.2, 0.25) is 0 Å². The number of anilines is 1. The molecule has 0 bridgehead atoms. The molecule has 0 saturated carbocycles. The number of aromatic hydroxyl groups is 1. The Morgan fingerprint density at radius 1 is 1.05 bits per heavy atom. The smallest absolute Gasteiger partial charge is 0.262 e. The van der Waals surface area contributed by atoms with E-state index in [1.807, 2.05) is 12.1 Å². The van der Waals surface area contributed by atoms with Crippen LogP contribution in [0, 0.1) is 0 Å². The number of hydrogen-bond acceptors (Lipinski definition) is 3. The number of nitrogens with one attached hydrogen (secondary N) is 1. The van der Waals surface area contributed by atoms with Crippen LogP contribution < -0.4 is 4.72 Å². The highest BCUT2D eigenvalue weighted by Crippen LogP contribution is 2.25. The summed E-state index contributed by atoms with van der Waals surface area (Å²) in [7, 11) is -3.68. The Morgan fingerprint density at radius 3 is 2.33 bits per heavy atom. The summed E-state index contributed by atoms with van der Waals surface area (Å²) in [6.45, 7) is 2.12. The highest BCUT2D eigenvalue weighted by molar-refractivity contribution is 7.92. The molecular formula is C16H19NO3S. The van der Waals surface area contributed by atoms with Crippen molar-refractivity contribution >= 4 is 15.7 Å². The molecule has 0 spiro atoms. The molecule has 0 aliphatic rings. The zero-order valence-corrected chi connectivity index (χ0v) is 12.7. The van der Waals surface area contributed by atoms with E-state index in [4.69, 9.17) is 0 Å². The SMILES string of the molecule is CCCCc1ccc(S(=O)(=O)Nc2ccccc2O)cc1. The van der Waals surface area contributed by atoms with Gasteiger partial charge >= 0.3 is 0 Å². The maximum absolute atomic E-state index is 12.3. The first-order chi connectivity index (χ1) is 10.0. The second kappa shape index (κ2) is 6.63. The van der Waals surface area contributed by atoms with E-state index in [9.17, 15) is 13.5 Å². The molecule has 0 fully saturated rings. The van der Waals surface area contributed by atoms with Crippen LogP contribution in [-0.4, -0.2) is 13.5 Å². The summed E-state index contributed by atoms with van der Waals surface area (Å²) in [6.07, 6.45) is 3.14. The largest absolute Gasteiger partial charge is 0.506 e. The maximum atomic E-state index is 12.3. The topological polar surface area (TPSA) is 66.4 Å². The molecule has 0 saturated heterocycles. The Kier molecular flexibility index (Phi) is 4.85. The molecule has 21 heavy (non-hydrogen) atoms. The predicted octanol–water partition coefficient (Wildman–Crippen LogP) is 3.54. The molecule has 0 aromatic heterocycles. The molecule has 4 nitrogen and oxygen atoms in total. The van der Waals surface area contributed by atoms with Crippen molar-refractivity contribution in [1.82, 2.24) is 0 Å². The minimum absolute atomic E-state index is 0.0966. The molecular weight excluding hydrogens is 286 g/mol. The second-order valence-electron chi connectivity index (χ2n) is 4.87. The van der Waals surface area contributed by atoms with Crippen LogP contribution in [0.25, 0.3) is 0 Å². The van der Waals surface area contributed by atoms with Crippen LogP contribution in [0.1, 0.15) is 25.3 Å². The number of rotatable bonds is 6. The first-order valence-corrected chi connectivity index (χ1v) is 8.41. The monoisotopic (exact) mass is 305 g/mol. The van der Waals surface area contributed by atoms with Gasteiger partial charge < -0.3 is 5.11 Å². The quantitative estimate of drug-likeness (QED) is 0.802. The van der Waals surface area contributed by atoms with Gasteiger partial charge in [0.25, 0.3) is 10.0 Å². The third-order valence-electron chi connectivity index (χ3n) is 3.20. The summed E-state index contributed by atoms with van der Waals surface area (Å²) in [5.74, 6) is -0.0966. The number of phenolic OH excluding ortho intramolecular Hbond substituents is 1. The highest BCUT2D eigenvalue weighted by atomic mass is 32.2. The Labute approximate surface area is 125 Å². The lowest BCUT2D eigenvalue weighted by Gasteiger charge is -2.10. The van der Waals surface area contributed by atoms with Crippen LogP contribution in [0.4, 0.5) is 5.69 Å². The van der Waals surface area contributed by atoms with Gasteiger partial charge in [-0.3, -0.25) is 4.72 Å². The summed E-state index contributed by atoms with van der Waals surface area (Å²) in [6, 6.07) is 13.1. The molecule has 0 atom stereocenters. The standard InChI is InChI=1S/C16H19NO3S/c1-2-3-6-13-9-11-14(12-10-13)21(19,20)17-15-7-4-5-8-16(15)18/h4-5,7-12,17-18H,2-3,6H2,1H3. The van der Waals surface area contributed by atoms with Gasteiger partial charge in [0, 0.05) is 0 Å². The lowest BCUT2D eigenvalue weighted by molar-refractivity contribution is 0.477. The Bertz CT molecular complexity index is 694. The molecule has 2 N–H and O–H groups in total. The van der Waals surface area contributed by atoms with Gasteiger partial charge in [-0.15, -0.1) is 0 Å². The molecule has 0 unspecified atom stereocenters. The minimum Gasteiger partial charge on any atom is -0.506 e. The van der Waals surface area contributed by atoms with Crippen molar-refractivity contribution in [3.63, 3.8) is 0 Å². The maximum Gasteiger partial charge on any atom is 0.262 e. The van der Waals surface area contributed by atoms with Crippen molar-refractivity contribution in [3.05, 3.63) is 54.1 Å². The molecule has 0 aliphatic heterocycles. The highest BCUT2D eigenvalue weighted by Gasteiger charge is 2.15. The summed E-state index contributed by atoms with van der Waals surface area (Å²) >= 11 is 0. The van der Waals surface area contributed by atoms with Crippen LogP contribution in [0.3, 0.4) is 0 Å². The minimum atomic E-state index is -3.68. The van der Waals surface area contributed by atoms with Gasteiger partial charge in [-0.1, -0.05) is 37.6 Å². The number of benzene rings is 2. The Morgan fingerprint density at radius 2 is 1.71 bits per heavy atom. The van der Waals surface area contributed by atoms with Crippen LogP contribution in [0.5, 0.6) is 5.75 Å². The van der Waals surface area contributed by atoms with E-state index >= 15 is 0 Å². The third-order valence-corrected chi connectivity index (χ3v) is 4.58. The molecule has 0 heterocycles. The van der Waals surface area contributed by atoms with Crippen molar-refractivity contribution in [2.45, 2.75) is 31.1 Å². The van der Waals surface area contributed by atoms with Gasteiger partial charge in [-0.2, -0.15) is 0 Å². The number of unbranched alkanes of at least 4 members (excludes halogenated alkanes) is 1. The average molecular weight is 305 g/mol. The van der Waals surface area contributed by atoms with Crippen LogP contribution >= 0.6 is 0 Å². The van der Waals surface area contributed by atoms with E-state index in [1.54, 1.807) is 24.3 Å². The van der Waals surface area contributed by atoms with Gasteiger partial charge in [0.15, 0.2) is 0 Å². The fourth-order valence-electron chi connectivity index (χ4n) is 1.98. The molecule has 2 rings (SSSR count). The van der Waals surface area contributed by atoms with Gasteiger partial charge in [-0.05, 0) is 42.7 Å². The van der Waals surface area contributed by atoms with Gasteiger partial charge in [-0.25, -0.2) is 8.42 Å². The van der Waals surface area contributed by atoms with E-state index in [0.29, 0.717) is 0 Å². The van der Waals surface area contributed by atoms with E-state index in [0.717, 1.165) is 24.8 Å². The third kappa shape index (κ3) is 3.98. The fourth-order valence-corrected chi connectivity index (χ4v) is 3.05. The summed E-state index contributed by atoms with van der Waals surface area (Å²) in [5.41, 5.74) is 1.30. The van der Waals surface area contributed by atoms with Crippen molar-refractivity contribution in [3.8, 4) is 5.75 Å². The molecule has 112 valence electrons. The van der Waals surface area contributed by atoms with E-state index in [1.165, 1.54) is 12.1 Å². The van der Waals surface area contributed by atoms with Crippen molar-refractivity contribution in [1.29, 1.82) is 0 Å². The number of aryl methyl sites for hydroxylation is 1. The van der Waals surface area contributed by atoms with E-state index in [2.05, 4.69) is 11.6 Å². The van der Waals surface area contributed by atoms with Gasteiger partial charge in [0.05, 0.1) is 10.6 Å². The van der Waals surface area contributed by atoms with Crippen LogP contribution in [0.15, 0.2) is 53.4 Å². The van der Waals surface area contributed by atoms with Crippen molar-refractivity contribution in [2.75, 3.05) is 4.72 Å². The van der Waals surface area contributed by atoms with Crippen molar-refractivity contribution < 1.29 is 13.5 Å². The number of sulfonamides is 1. The Balaban J connectivity index is 2.18. The summed E-state index contributed by atoms with van der Waals surface area (Å²) < 4.78 is 26.9. The lowest BCUT2D eigenvalue weighted by atomic mass is 10.1. The number of para-hydroxylation sites is 2. The zero-order chi connectivity index (χ0) is 15.3. The van der Waals surface area contributed by atoms with E-state index < -0.39 is 10.0 Å².